The number of carbonyl (C=O) groups is 1. The Labute approximate surface area is 158 Å². The normalized spacial score (nSPS) is 25.0. The van der Waals surface area contributed by atoms with Crippen molar-refractivity contribution in [3.05, 3.63) is 0 Å². The summed E-state index contributed by atoms with van der Waals surface area (Å²) in [6, 6.07) is 0.766. The number of guanidine groups is 1. The first-order valence-electron chi connectivity index (χ1n) is 10.4. The summed E-state index contributed by atoms with van der Waals surface area (Å²) in [6.45, 7) is 8.02. The van der Waals surface area contributed by atoms with Gasteiger partial charge in [0.1, 0.15) is 0 Å². The summed E-state index contributed by atoms with van der Waals surface area (Å²) in [4.78, 5) is 16.7. The highest BCUT2D eigenvalue weighted by molar-refractivity contribution is 5.81. The predicted molar refractivity (Wildman–Crippen MR) is 106 cm³/mol. The van der Waals surface area contributed by atoms with Crippen molar-refractivity contribution in [3.8, 4) is 0 Å². The van der Waals surface area contributed by atoms with E-state index in [9.17, 15) is 4.79 Å². The third-order valence-electron chi connectivity index (χ3n) is 5.38. The van der Waals surface area contributed by atoms with Crippen LogP contribution in [0.1, 0.15) is 65.7 Å². The molecule has 6 nitrogen and oxygen atoms in total. The summed E-state index contributed by atoms with van der Waals surface area (Å²) in [7, 11) is 1.80. The summed E-state index contributed by atoms with van der Waals surface area (Å²) < 4.78 is 5.80. The molecular weight excluding hydrogens is 328 g/mol. The molecule has 0 aromatic carbocycles. The zero-order chi connectivity index (χ0) is 18.9. The van der Waals surface area contributed by atoms with Crippen LogP contribution >= 0.6 is 0 Å². The molecule has 0 bridgehead atoms. The van der Waals surface area contributed by atoms with Crippen LogP contribution in [-0.2, 0) is 9.53 Å². The van der Waals surface area contributed by atoms with E-state index in [2.05, 4.69) is 34.8 Å². The molecule has 0 radical (unpaired) electrons. The number of hydrogen-bond acceptors (Lipinski definition) is 3. The van der Waals surface area contributed by atoms with Crippen molar-refractivity contribution < 1.29 is 9.53 Å². The molecule has 0 saturated heterocycles. The first-order chi connectivity index (χ1) is 12.5. The smallest absolute Gasteiger partial charge is 0.223 e. The summed E-state index contributed by atoms with van der Waals surface area (Å²) >= 11 is 0. The van der Waals surface area contributed by atoms with E-state index in [1.54, 1.807) is 7.05 Å². The lowest BCUT2D eigenvalue weighted by atomic mass is 9.85. The zero-order valence-electron chi connectivity index (χ0n) is 17.0. The molecule has 3 N–H and O–H groups in total. The number of nitrogens with zero attached hydrogens (tertiary/aromatic N) is 1. The molecular formula is C20H38N4O2. The lowest BCUT2D eigenvalue weighted by Crippen LogP contribution is -2.47. The number of aliphatic imine (C=N–C) groups is 1. The van der Waals surface area contributed by atoms with Crippen molar-refractivity contribution >= 4 is 11.9 Å². The number of hydrogen-bond donors (Lipinski definition) is 3. The number of nitrogens with one attached hydrogen (secondary N) is 3. The van der Waals surface area contributed by atoms with Crippen LogP contribution in [0.25, 0.3) is 0 Å². The number of ether oxygens (including phenoxy) is 1. The van der Waals surface area contributed by atoms with Gasteiger partial charge in [-0.1, -0.05) is 20.3 Å². The molecule has 0 aromatic rings. The molecule has 2 aliphatic rings. The summed E-state index contributed by atoms with van der Waals surface area (Å²) in [5.74, 6) is 1.73. The van der Waals surface area contributed by atoms with Gasteiger partial charge in [-0.3, -0.25) is 9.79 Å². The molecule has 150 valence electrons. The lowest BCUT2D eigenvalue weighted by molar-refractivity contribution is -0.126. The van der Waals surface area contributed by atoms with Crippen molar-refractivity contribution in [1.29, 1.82) is 0 Å². The van der Waals surface area contributed by atoms with Crippen LogP contribution in [0.4, 0.5) is 0 Å². The van der Waals surface area contributed by atoms with Gasteiger partial charge in [0, 0.05) is 38.2 Å². The SMILES string of the molecule is CCOC(CCNC(=NC)NC1CCCC(C(=O)NC2CC2)C1)C(C)C. The molecule has 2 saturated carbocycles. The minimum atomic E-state index is 0.142. The maximum Gasteiger partial charge on any atom is 0.223 e. The second kappa shape index (κ2) is 10.8. The van der Waals surface area contributed by atoms with Crippen LogP contribution in [0.2, 0.25) is 0 Å². The van der Waals surface area contributed by atoms with Crippen LogP contribution in [-0.4, -0.2) is 50.3 Å². The fourth-order valence-electron chi connectivity index (χ4n) is 3.65. The molecule has 0 aliphatic heterocycles. The molecule has 26 heavy (non-hydrogen) atoms. The van der Waals surface area contributed by atoms with Crippen molar-refractivity contribution in [1.82, 2.24) is 16.0 Å². The Bertz CT molecular complexity index is 463. The number of amides is 1. The zero-order valence-corrected chi connectivity index (χ0v) is 17.0. The average Bonchev–Trinajstić information content (AvgIpc) is 3.44. The minimum absolute atomic E-state index is 0.142. The van der Waals surface area contributed by atoms with E-state index in [0.717, 1.165) is 64.1 Å². The van der Waals surface area contributed by atoms with E-state index in [1.165, 1.54) is 0 Å². The van der Waals surface area contributed by atoms with E-state index < -0.39 is 0 Å². The highest BCUT2D eigenvalue weighted by Gasteiger charge is 2.31. The highest BCUT2D eigenvalue weighted by atomic mass is 16.5. The largest absolute Gasteiger partial charge is 0.378 e. The molecule has 3 atom stereocenters. The monoisotopic (exact) mass is 366 g/mol. The third-order valence-corrected chi connectivity index (χ3v) is 5.38. The van der Waals surface area contributed by atoms with E-state index in [-0.39, 0.29) is 17.9 Å². The fraction of sp³-hybridized carbons (Fsp3) is 0.900. The number of rotatable bonds is 9. The van der Waals surface area contributed by atoms with Gasteiger partial charge in [0.25, 0.3) is 0 Å². The maximum absolute atomic E-state index is 12.3. The molecule has 1 amide bonds. The molecule has 0 aromatic heterocycles. The van der Waals surface area contributed by atoms with Crippen LogP contribution in [0, 0.1) is 11.8 Å². The van der Waals surface area contributed by atoms with Crippen molar-refractivity contribution in [2.75, 3.05) is 20.2 Å². The Kier molecular flexibility index (Phi) is 8.69. The van der Waals surface area contributed by atoms with Crippen molar-refractivity contribution in [2.24, 2.45) is 16.8 Å². The Balaban J connectivity index is 1.73. The van der Waals surface area contributed by atoms with Gasteiger partial charge in [-0.05, 0) is 51.4 Å². The van der Waals surface area contributed by atoms with E-state index in [1.807, 2.05) is 6.92 Å². The third kappa shape index (κ3) is 7.14. The predicted octanol–water partition coefficient (Wildman–Crippen LogP) is 2.44. The molecule has 3 unspecified atom stereocenters. The highest BCUT2D eigenvalue weighted by Crippen LogP contribution is 2.26. The molecule has 0 heterocycles. The molecule has 2 rings (SSSR count). The summed E-state index contributed by atoms with van der Waals surface area (Å²) in [5.41, 5.74) is 0. The molecule has 2 aliphatic carbocycles. The first-order valence-corrected chi connectivity index (χ1v) is 10.4. The first kappa shape index (κ1) is 21.0. The van der Waals surface area contributed by atoms with Gasteiger partial charge >= 0.3 is 0 Å². The van der Waals surface area contributed by atoms with E-state index in [4.69, 9.17) is 4.74 Å². The van der Waals surface area contributed by atoms with Crippen molar-refractivity contribution in [2.45, 2.75) is 83.9 Å². The van der Waals surface area contributed by atoms with Gasteiger partial charge in [0.05, 0.1) is 6.10 Å². The van der Waals surface area contributed by atoms with Gasteiger partial charge in [-0.15, -0.1) is 0 Å². The quantitative estimate of drug-likeness (QED) is 0.433. The van der Waals surface area contributed by atoms with Gasteiger partial charge in [-0.25, -0.2) is 0 Å². The van der Waals surface area contributed by atoms with Crippen LogP contribution in [0.15, 0.2) is 4.99 Å². The Morgan fingerprint density at radius 1 is 1.15 bits per heavy atom. The lowest BCUT2D eigenvalue weighted by Gasteiger charge is -2.30. The van der Waals surface area contributed by atoms with Gasteiger partial charge in [-0.2, -0.15) is 0 Å². The second-order valence-corrected chi connectivity index (χ2v) is 8.01. The topological polar surface area (TPSA) is 74.8 Å². The van der Waals surface area contributed by atoms with E-state index >= 15 is 0 Å². The average molecular weight is 367 g/mol. The molecule has 6 heteroatoms. The van der Waals surface area contributed by atoms with Crippen LogP contribution in [0.5, 0.6) is 0 Å². The van der Waals surface area contributed by atoms with Gasteiger partial charge < -0.3 is 20.7 Å². The maximum atomic E-state index is 12.3. The Morgan fingerprint density at radius 3 is 2.54 bits per heavy atom. The van der Waals surface area contributed by atoms with Gasteiger partial charge in [0.2, 0.25) is 5.91 Å². The van der Waals surface area contributed by atoms with E-state index in [0.29, 0.717) is 18.0 Å². The van der Waals surface area contributed by atoms with Gasteiger partial charge in [0.15, 0.2) is 5.96 Å². The summed E-state index contributed by atoms with van der Waals surface area (Å²) in [6.07, 6.45) is 7.63. The number of carbonyl (C=O) groups excluding carboxylic acids is 1. The summed E-state index contributed by atoms with van der Waals surface area (Å²) in [5, 5.41) is 10.1. The Morgan fingerprint density at radius 2 is 1.92 bits per heavy atom. The van der Waals surface area contributed by atoms with Crippen LogP contribution < -0.4 is 16.0 Å². The fourth-order valence-corrected chi connectivity index (χ4v) is 3.65. The van der Waals surface area contributed by atoms with Crippen LogP contribution in [0.3, 0.4) is 0 Å². The second-order valence-electron chi connectivity index (χ2n) is 8.01. The molecule has 0 spiro atoms. The minimum Gasteiger partial charge on any atom is -0.378 e. The van der Waals surface area contributed by atoms with Crippen molar-refractivity contribution in [3.63, 3.8) is 0 Å². The Hall–Kier alpha value is -1.30. The standard InChI is InChI=1S/C20H38N4O2/c1-5-26-18(14(2)3)11-12-22-20(21-4)24-17-8-6-7-15(13-17)19(25)23-16-9-10-16/h14-18H,5-13H2,1-4H3,(H,23,25)(H2,21,22,24). The molecule has 2 fully saturated rings.